The Bertz CT molecular complexity index is 1100. The van der Waals surface area contributed by atoms with E-state index in [4.69, 9.17) is 4.74 Å². The Morgan fingerprint density at radius 2 is 1.80 bits per heavy atom. The quantitative estimate of drug-likeness (QED) is 0.656. The molecule has 7 nitrogen and oxygen atoms in total. The van der Waals surface area contributed by atoms with E-state index < -0.39 is 5.97 Å². The van der Waals surface area contributed by atoms with E-state index in [0.29, 0.717) is 16.7 Å². The van der Waals surface area contributed by atoms with Gasteiger partial charge >= 0.3 is 5.97 Å². The van der Waals surface area contributed by atoms with Gasteiger partial charge in [0.1, 0.15) is 11.3 Å². The summed E-state index contributed by atoms with van der Waals surface area (Å²) in [6.45, 7) is 4.52. The van der Waals surface area contributed by atoms with Gasteiger partial charge in [-0.2, -0.15) is 0 Å². The molecular formula is C23H25N3O4. The third kappa shape index (κ3) is 3.89. The fourth-order valence-corrected chi connectivity index (χ4v) is 3.91. The van der Waals surface area contributed by atoms with Crippen LogP contribution in [0.1, 0.15) is 15.9 Å². The summed E-state index contributed by atoms with van der Waals surface area (Å²) < 4.78 is 10.2. The van der Waals surface area contributed by atoms with Crippen LogP contribution >= 0.6 is 0 Å². The summed E-state index contributed by atoms with van der Waals surface area (Å²) in [5, 5.41) is 0.410. The number of hydrogen-bond acceptors (Lipinski definition) is 6. The van der Waals surface area contributed by atoms with Gasteiger partial charge in [0.15, 0.2) is 0 Å². The van der Waals surface area contributed by atoms with Crippen molar-refractivity contribution in [1.82, 2.24) is 9.88 Å². The molecule has 0 radical (unpaired) electrons. The van der Waals surface area contributed by atoms with Gasteiger partial charge in [-0.3, -0.25) is 9.69 Å². The van der Waals surface area contributed by atoms with Crippen LogP contribution in [0.2, 0.25) is 0 Å². The molecule has 1 aliphatic rings. The number of benzene rings is 2. The molecule has 0 atom stereocenters. The maximum Gasteiger partial charge on any atom is 0.343 e. The van der Waals surface area contributed by atoms with Gasteiger partial charge in [0.05, 0.1) is 19.6 Å². The van der Waals surface area contributed by atoms with Gasteiger partial charge in [-0.05, 0) is 24.3 Å². The van der Waals surface area contributed by atoms with Gasteiger partial charge in [-0.25, -0.2) is 4.79 Å². The second-order valence-electron chi connectivity index (χ2n) is 7.33. The van der Waals surface area contributed by atoms with E-state index in [-0.39, 0.29) is 11.0 Å². The van der Waals surface area contributed by atoms with Crippen molar-refractivity contribution in [3.63, 3.8) is 0 Å². The molecule has 0 amide bonds. The minimum absolute atomic E-state index is 0.0168. The van der Waals surface area contributed by atoms with Crippen LogP contribution in [0.4, 0.5) is 5.69 Å². The van der Waals surface area contributed by atoms with Crippen molar-refractivity contribution < 1.29 is 14.3 Å². The molecule has 1 N–H and O–H groups in total. The molecule has 1 saturated heterocycles. The zero-order valence-corrected chi connectivity index (χ0v) is 17.2. The Hall–Kier alpha value is -3.32. The van der Waals surface area contributed by atoms with Gasteiger partial charge < -0.3 is 19.4 Å². The lowest BCUT2D eigenvalue weighted by molar-refractivity contribution is 0.0599. The normalized spacial score (nSPS) is 14.7. The Morgan fingerprint density at radius 3 is 2.47 bits per heavy atom. The predicted octanol–water partition coefficient (Wildman–Crippen LogP) is 2.65. The van der Waals surface area contributed by atoms with Crippen LogP contribution in [-0.2, 0) is 11.3 Å². The number of nitrogens with one attached hydrogen (secondary N) is 1. The summed E-state index contributed by atoms with van der Waals surface area (Å²) in [4.78, 5) is 32.3. The van der Waals surface area contributed by atoms with E-state index in [1.54, 1.807) is 13.2 Å². The second kappa shape index (κ2) is 8.59. The minimum Gasteiger partial charge on any atom is -0.496 e. The van der Waals surface area contributed by atoms with Gasteiger partial charge in [0.2, 0.25) is 5.43 Å². The monoisotopic (exact) mass is 407 g/mol. The van der Waals surface area contributed by atoms with E-state index in [1.165, 1.54) is 19.0 Å². The van der Waals surface area contributed by atoms with E-state index in [1.807, 2.05) is 12.1 Å². The molecule has 156 valence electrons. The number of piperazine rings is 1. The molecular weight excluding hydrogens is 382 g/mol. The molecule has 1 aliphatic heterocycles. The second-order valence-corrected chi connectivity index (χ2v) is 7.33. The summed E-state index contributed by atoms with van der Waals surface area (Å²) >= 11 is 0. The smallest absolute Gasteiger partial charge is 0.343 e. The largest absolute Gasteiger partial charge is 0.496 e. The summed E-state index contributed by atoms with van der Waals surface area (Å²) in [5.74, 6) is -0.0158. The summed E-state index contributed by atoms with van der Waals surface area (Å²) in [5.41, 5.74) is 2.54. The van der Waals surface area contributed by atoms with Crippen molar-refractivity contribution in [2.45, 2.75) is 6.54 Å². The lowest BCUT2D eigenvalue weighted by Gasteiger charge is -2.36. The van der Waals surface area contributed by atoms with Gasteiger partial charge in [0.25, 0.3) is 0 Å². The lowest BCUT2D eigenvalue weighted by atomic mass is 10.1. The molecule has 3 aromatic rings. The molecule has 1 aromatic heterocycles. The standard InChI is InChI=1S/C23H25N3O4/c1-29-21-13-18-20(24-14-19(22(18)27)23(28)30-2)12-16(21)15-25-8-10-26(11-9-25)17-6-4-3-5-7-17/h3-7,12-14H,8-11,15H2,1-2H3,(H,24,27). The van der Waals surface area contributed by atoms with Crippen molar-refractivity contribution in [2.75, 3.05) is 45.3 Å². The van der Waals surface area contributed by atoms with Crippen LogP contribution < -0.4 is 15.1 Å². The van der Waals surface area contributed by atoms with Crippen molar-refractivity contribution in [3.8, 4) is 5.75 Å². The van der Waals surface area contributed by atoms with E-state index >= 15 is 0 Å². The Kier molecular flexibility index (Phi) is 5.72. The van der Waals surface area contributed by atoms with E-state index in [9.17, 15) is 9.59 Å². The highest BCUT2D eigenvalue weighted by atomic mass is 16.5. The van der Waals surface area contributed by atoms with Crippen molar-refractivity contribution in [1.29, 1.82) is 0 Å². The molecule has 0 aliphatic carbocycles. The van der Waals surface area contributed by atoms with E-state index in [2.05, 4.69) is 43.8 Å². The summed E-state index contributed by atoms with van der Waals surface area (Å²) in [6, 6.07) is 14.1. The SMILES string of the molecule is COC(=O)c1c[nH]c2cc(CN3CCN(c4ccccc4)CC3)c(OC)cc2c1=O. The number of pyridine rings is 1. The fourth-order valence-electron chi connectivity index (χ4n) is 3.91. The van der Waals surface area contributed by atoms with Crippen molar-refractivity contribution in [2.24, 2.45) is 0 Å². The molecule has 0 unspecified atom stereocenters. The number of carbonyl (C=O) groups excluding carboxylic acids is 1. The molecule has 2 heterocycles. The highest BCUT2D eigenvalue weighted by Gasteiger charge is 2.20. The minimum atomic E-state index is -0.655. The zero-order valence-electron chi connectivity index (χ0n) is 17.2. The molecule has 0 saturated carbocycles. The molecule has 7 heteroatoms. The van der Waals surface area contributed by atoms with Crippen molar-refractivity contribution in [3.05, 3.63) is 70.0 Å². The van der Waals surface area contributed by atoms with E-state index in [0.717, 1.165) is 38.3 Å². The number of H-pyrrole nitrogens is 1. The summed E-state index contributed by atoms with van der Waals surface area (Å²) in [6.07, 6.45) is 1.41. The number of carbonyl (C=O) groups is 1. The zero-order chi connectivity index (χ0) is 21.1. The van der Waals surface area contributed by atoms with Gasteiger partial charge in [-0.1, -0.05) is 18.2 Å². The number of esters is 1. The Morgan fingerprint density at radius 1 is 1.07 bits per heavy atom. The average molecular weight is 407 g/mol. The maximum atomic E-state index is 12.7. The van der Waals surface area contributed by atoms with Crippen LogP contribution in [0.5, 0.6) is 5.75 Å². The Balaban J connectivity index is 1.54. The first-order chi connectivity index (χ1) is 14.6. The van der Waals surface area contributed by atoms with Gasteiger partial charge in [0, 0.05) is 55.7 Å². The van der Waals surface area contributed by atoms with Crippen LogP contribution in [0, 0.1) is 0 Å². The highest BCUT2D eigenvalue weighted by molar-refractivity contribution is 5.94. The number of nitrogens with zero attached hydrogens (tertiary/aromatic N) is 2. The molecule has 0 bridgehead atoms. The summed E-state index contributed by atoms with van der Waals surface area (Å²) in [7, 11) is 2.85. The molecule has 4 rings (SSSR count). The number of ether oxygens (including phenoxy) is 2. The first-order valence-corrected chi connectivity index (χ1v) is 9.93. The molecule has 0 spiro atoms. The first kappa shape index (κ1) is 20.0. The van der Waals surface area contributed by atoms with Crippen LogP contribution in [0.15, 0.2) is 53.5 Å². The number of aromatic amines is 1. The van der Waals surface area contributed by atoms with Gasteiger partial charge in [-0.15, -0.1) is 0 Å². The van der Waals surface area contributed by atoms with Crippen molar-refractivity contribution >= 4 is 22.6 Å². The lowest BCUT2D eigenvalue weighted by Crippen LogP contribution is -2.46. The van der Waals surface area contributed by atoms with Crippen LogP contribution in [-0.4, -0.2) is 56.3 Å². The topological polar surface area (TPSA) is 74.9 Å². The third-order valence-corrected chi connectivity index (χ3v) is 5.57. The number of hydrogen-bond donors (Lipinski definition) is 1. The number of fused-ring (bicyclic) bond motifs is 1. The number of rotatable bonds is 5. The number of para-hydroxylation sites is 1. The predicted molar refractivity (Wildman–Crippen MR) is 116 cm³/mol. The maximum absolute atomic E-state index is 12.7. The number of aromatic nitrogens is 1. The molecule has 1 fully saturated rings. The highest BCUT2D eigenvalue weighted by Crippen LogP contribution is 2.26. The van der Waals surface area contributed by atoms with Crippen LogP contribution in [0.25, 0.3) is 10.9 Å². The first-order valence-electron chi connectivity index (χ1n) is 9.93. The molecule has 2 aromatic carbocycles. The average Bonchev–Trinajstić information content (AvgIpc) is 2.79. The molecule has 30 heavy (non-hydrogen) atoms. The number of anilines is 1. The number of methoxy groups -OCH3 is 2. The van der Waals surface area contributed by atoms with Crippen LogP contribution in [0.3, 0.4) is 0 Å². The Labute approximate surface area is 174 Å². The fraction of sp³-hybridized carbons (Fsp3) is 0.304. The third-order valence-electron chi connectivity index (χ3n) is 5.57.